The van der Waals surface area contributed by atoms with E-state index >= 15 is 0 Å². The van der Waals surface area contributed by atoms with Crippen molar-refractivity contribution >= 4 is 23.4 Å². The number of benzene rings is 2. The normalized spacial score (nSPS) is 11.3. The fourth-order valence-corrected chi connectivity index (χ4v) is 3.88. The molecule has 0 aliphatic heterocycles. The average molecular weight is 471 g/mol. The van der Waals surface area contributed by atoms with Crippen LogP contribution in [0.2, 0.25) is 5.02 Å². The first-order chi connectivity index (χ1) is 15.4. The highest BCUT2D eigenvalue weighted by molar-refractivity contribution is 7.98. The van der Waals surface area contributed by atoms with Crippen molar-refractivity contribution in [2.45, 2.75) is 44.2 Å². The van der Waals surface area contributed by atoms with Crippen molar-refractivity contribution in [3.63, 3.8) is 0 Å². The zero-order valence-corrected chi connectivity index (χ0v) is 19.5. The SMILES string of the molecule is Cc1ccc(C(C)C)c(OCc2nnc(SCc3nc(-c4ccc(Cl)cc4)no3)n2N)c1. The number of aromatic nitrogens is 5. The summed E-state index contributed by atoms with van der Waals surface area (Å²) in [7, 11) is 0. The fourth-order valence-electron chi connectivity index (χ4n) is 3.05. The molecule has 10 heteroatoms. The van der Waals surface area contributed by atoms with Crippen molar-refractivity contribution in [1.29, 1.82) is 0 Å². The number of hydrogen-bond acceptors (Lipinski definition) is 8. The summed E-state index contributed by atoms with van der Waals surface area (Å²) in [5.74, 6) is 9.25. The third kappa shape index (κ3) is 5.05. The molecule has 0 saturated carbocycles. The highest BCUT2D eigenvalue weighted by Gasteiger charge is 2.15. The number of nitrogens with zero attached hydrogens (tertiary/aromatic N) is 5. The number of thioether (sulfide) groups is 1. The molecule has 4 rings (SSSR count). The molecule has 0 bridgehead atoms. The van der Waals surface area contributed by atoms with Gasteiger partial charge in [0.15, 0.2) is 5.82 Å². The van der Waals surface area contributed by atoms with Gasteiger partial charge in [-0.3, -0.25) is 0 Å². The van der Waals surface area contributed by atoms with E-state index in [1.54, 1.807) is 12.1 Å². The molecule has 0 aliphatic carbocycles. The van der Waals surface area contributed by atoms with Crippen molar-refractivity contribution in [1.82, 2.24) is 25.0 Å². The first-order valence-corrected chi connectivity index (χ1v) is 11.4. The van der Waals surface area contributed by atoms with Crippen LogP contribution in [0.4, 0.5) is 0 Å². The van der Waals surface area contributed by atoms with Gasteiger partial charge in [0.1, 0.15) is 12.4 Å². The molecule has 8 nitrogen and oxygen atoms in total. The predicted octanol–water partition coefficient (Wildman–Crippen LogP) is 5.00. The van der Waals surface area contributed by atoms with Gasteiger partial charge in [0.2, 0.25) is 16.9 Å². The molecule has 2 N–H and O–H groups in total. The molecule has 4 aromatic rings. The molecular weight excluding hydrogens is 448 g/mol. The van der Waals surface area contributed by atoms with Gasteiger partial charge >= 0.3 is 0 Å². The summed E-state index contributed by atoms with van der Waals surface area (Å²) in [5.41, 5.74) is 3.10. The molecule has 166 valence electrons. The number of aryl methyl sites for hydroxylation is 1. The highest BCUT2D eigenvalue weighted by atomic mass is 35.5. The number of nitrogen functional groups attached to an aromatic ring is 1. The Kier molecular flexibility index (Phi) is 6.66. The topological polar surface area (TPSA) is 105 Å². The van der Waals surface area contributed by atoms with E-state index in [-0.39, 0.29) is 6.61 Å². The molecule has 0 radical (unpaired) electrons. The van der Waals surface area contributed by atoms with Crippen molar-refractivity contribution in [3.8, 4) is 17.1 Å². The maximum absolute atomic E-state index is 6.18. The Morgan fingerprint density at radius 3 is 2.69 bits per heavy atom. The van der Waals surface area contributed by atoms with E-state index in [2.05, 4.69) is 46.3 Å². The van der Waals surface area contributed by atoms with Crippen LogP contribution in [0.3, 0.4) is 0 Å². The van der Waals surface area contributed by atoms with Crippen molar-refractivity contribution in [2.24, 2.45) is 0 Å². The van der Waals surface area contributed by atoms with Crippen LogP contribution in [0.5, 0.6) is 5.75 Å². The van der Waals surface area contributed by atoms with Gasteiger partial charge in [0, 0.05) is 10.6 Å². The molecule has 2 aromatic heterocycles. The van der Waals surface area contributed by atoms with Gasteiger partial charge < -0.3 is 15.1 Å². The number of ether oxygens (including phenoxy) is 1. The lowest BCUT2D eigenvalue weighted by Gasteiger charge is -2.14. The van der Waals surface area contributed by atoms with E-state index in [4.69, 9.17) is 26.7 Å². The first-order valence-electron chi connectivity index (χ1n) is 10.0. The summed E-state index contributed by atoms with van der Waals surface area (Å²) in [6, 6.07) is 13.4. The van der Waals surface area contributed by atoms with E-state index in [1.807, 2.05) is 25.1 Å². The zero-order chi connectivity index (χ0) is 22.7. The second-order valence-electron chi connectivity index (χ2n) is 7.56. The van der Waals surface area contributed by atoms with Gasteiger partial charge in [0.25, 0.3) is 0 Å². The molecule has 0 unspecified atom stereocenters. The van der Waals surface area contributed by atoms with E-state index in [9.17, 15) is 0 Å². The molecule has 2 aromatic carbocycles. The van der Waals surface area contributed by atoms with Crippen molar-refractivity contribution in [3.05, 3.63) is 70.3 Å². The van der Waals surface area contributed by atoms with E-state index < -0.39 is 0 Å². The Hall–Kier alpha value is -3.04. The van der Waals surface area contributed by atoms with E-state index in [0.717, 1.165) is 22.4 Å². The molecule has 0 atom stereocenters. The zero-order valence-electron chi connectivity index (χ0n) is 17.9. The molecule has 0 amide bonds. The Labute approximate surface area is 195 Å². The average Bonchev–Trinajstić information content (AvgIpc) is 3.38. The summed E-state index contributed by atoms with van der Waals surface area (Å²) in [6.07, 6.45) is 0. The Morgan fingerprint density at radius 1 is 1.16 bits per heavy atom. The maximum Gasteiger partial charge on any atom is 0.237 e. The Bertz CT molecular complexity index is 1210. The van der Waals surface area contributed by atoms with E-state index in [1.165, 1.54) is 16.4 Å². The van der Waals surface area contributed by atoms with Crippen LogP contribution >= 0.6 is 23.4 Å². The summed E-state index contributed by atoms with van der Waals surface area (Å²) in [5, 5.41) is 13.5. The number of rotatable bonds is 8. The van der Waals surface area contributed by atoms with Gasteiger partial charge in [0.05, 0.1) is 5.75 Å². The minimum atomic E-state index is 0.217. The second kappa shape index (κ2) is 9.62. The lowest BCUT2D eigenvalue weighted by Crippen LogP contribution is -2.16. The van der Waals surface area contributed by atoms with Crippen molar-refractivity contribution in [2.75, 3.05) is 5.84 Å². The summed E-state index contributed by atoms with van der Waals surface area (Å²) < 4.78 is 12.8. The summed E-state index contributed by atoms with van der Waals surface area (Å²) in [4.78, 5) is 4.41. The van der Waals surface area contributed by atoms with Crippen LogP contribution in [-0.2, 0) is 12.4 Å². The Morgan fingerprint density at radius 2 is 1.94 bits per heavy atom. The standard InChI is InChI=1S/C22H23ClN6O2S/c1-13(2)17-9-4-14(3)10-18(17)30-11-19-26-27-22(29(19)24)32-12-20-25-21(28-31-20)15-5-7-16(23)8-6-15/h4-10,13H,11-12,24H2,1-3H3. The molecular formula is C22H23ClN6O2S. The summed E-state index contributed by atoms with van der Waals surface area (Å²) in [6.45, 7) is 6.52. The molecule has 0 aliphatic rings. The molecule has 0 saturated heterocycles. The van der Waals surface area contributed by atoms with Crippen LogP contribution in [0.15, 0.2) is 52.1 Å². The fraction of sp³-hybridized carbons (Fsp3) is 0.273. The number of nitrogens with two attached hydrogens (primary N) is 1. The van der Waals surface area contributed by atoms with Crippen LogP contribution in [0.1, 0.15) is 42.6 Å². The summed E-state index contributed by atoms with van der Waals surface area (Å²) >= 11 is 7.28. The number of halogens is 1. The highest BCUT2D eigenvalue weighted by Crippen LogP contribution is 2.28. The maximum atomic E-state index is 6.18. The molecule has 0 spiro atoms. The molecule has 2 heterocycles. The lowest BCUT2D eigenvalue weighted by molar-refractivity contribution is 0.287. The predicted molar refractivity (Wildman–Crippen MR) is 124 cm³/mol. The van der Waals surface area contributed by atoms with Gasteiger partial charge in [-0.25, -0.2) is 4.68 Å². The minimum Gasteiger partial charge on any atom is -0.485 e. The van der Waals surface area contributed by atoms with Crippen LogP contribution in [-0.4, -0.2) is 25.0 Å². The Balaban J connectivity index is 1.39. The quantitative estimate of drug-likeness (QED) is 0.283. The van der Waals surface area contributed by atoms with Gasteiger partial charge in [-0.15, -0.1) is 10.2 Å². The van der Waals surface area contributed by atoms with Gasteiger partial charge in [-0.1, -0.05) is 54.5 Å². The first kappa shape index (κ1) is 22.2. The molecule has 0 fully saturated rings. The van der Waals surface area contributed by atoms with Crippen LogP contribution in [0.25, 0.3) is 11.4 Å². The third-order valence-corrected chi connectivity index (χ3v) is 5.96. The van der Waals surface area contributed by atoms with Crippen LogP contribution in [0, 0.1) is 6.92 Å². The smallest absolute Gasteiger partial charge is 0.237 e. The minimum absolute atomic E-state index is 0.217. The monoisotopic (exact) mass is 470 g/mol. The second-order valence-corrected chi connectivity index (χ2v) is 8.94. The largest absolute Gasteiger partial charge is 0.485 e. The lowest BCUT2D eigenvalue weighted by atomic mass is 10.0. The van der Waals surface area contributed by atoms with Gasteiger partial charge in [-0.2, -0.15) is 4.98 Å². The van der Waals surface area contributed by atoms with Crippen LogP contribution < -0.4 is 10.6 Å². The van der Waals surface area contributed by atoms with E-state index in [0.29, 0.717) is 39.4 Å². The van der Waals surface area contributed by atoms with Gasteiger partial charge in [-0.05, 0) is 54.3 Å². The van der Waals surface area contributed by atoms with Crippen molar-refractivity contribution < 1.29 is 9.26 Å². The molecule has 32 heavy (non-hydrogen) atoms. The third-order valence-electron chi connectivity index (χ3n) is 4.78. The number of hydrogen-bond donors (Lipinski definition) is 1.